The van der Waals surface area contributed by atoms with Crippen LogP contribution in [-0.2, 0) is 10.3 Å². The molecule has 1 aliphatic rings. The zero-order valence-corrected chi connectivity index (χ0v) is 12.7. The number of hydrogen-bond donors (Lipinski definition) is 2. The molecule has 1 aromatic carbocycles. The van der Waals surface area contributed by atoms with Crippen molar-refractivity contribution in [3.63, 3.8) is 0 Å². The molecule has 1 saturated carbocycles. The Labute approximate surface area is 122 Å². The van der Waals surface area contributed by atoms with Crippen molar-refractivity contribution in [1.29, 1.82) is 0 Å². The maximum absolute atomic E-state index is 10.8. The second-order valence-corrected chi connectivity index (χ2v) is 5.98. The molecule has 1 fully saturated rings. The number of hydrogen-bond acceptors (Lipinski definition) is 3. The van der Waals surface area contributed by atoms with Gasteiger partial charge in [0, 0.05) is 13.7 Å². The lowest BCUT2D eigenvalue weighted by Gasteiger charge is -2.33. The van der Waals surface area contributed by atoms with Crippen LogP contribution in [0.5, 0.6) is 0 Å². The molecule has 0 heterocycles. The van der Waals surface area contributed by atoms with E-state index in [1.165, 1.54) is 24.8 Å². The summed E-state index contributed by atoms with van der Waals surface area (Å²) < 4.78 is 5.01. The Bertz CT molecular complexity index is 413. The minimum Gasteiger partial charge on any atom is -0.385 e. The second kappa shape index (κ2) is 7.21. The van der Waals surface area contributed by atoms with Crippen LogP contribution in [0.2, 0.25) is 0 Å². The third-order valence-corrected chi connectivity index (χ3v) is 4.36. The minimum absolute atomic E-state index is 0.652. The highest BCUT2D eigenvalue weighted by Gasteiger charge is 2.30. The molecule has 112 valence electrons. The molecule has 1 aliphatic carbocycles. The molecule has 0 bridgehead atoms. The van der Waals surface area contributed by atoms with Crippen LogP contribution in [0, 0.1) is 0 Å². The number of nitrogens with one attached hydrogen (secondary N) is 1. The molecule has 1 atom stereocenters. The summed E-state index contributed by atoms with van der Waals surface area (Å²) in [5.74, 6) is 0.652. The van der Waals surface area contributed by atoms with Gasteiger partial charge in [0.05, 0.1) is 12.2 Å². The number of rotatable bonds is 8. The summed E-state index contributed by atoms with van der Waals surface area (Å²) in [6, 6.07) is 8.39. The van der Waals surface area contributed by atoms with Gasteiger partial charge >= 0.3 is 0 Å². The first-order valence-electron chi connectivity index (χ1n) is 7.66. The van der Waals surface area contributed by atoms with Gasteiger partial charge < -0.3 is 15.2 Å². The maximum atomic E-state index is 10.8. The Morgan fingerprint density at radius 3 is 2.70 bits per heavy atom. The summed E-state index contributed by atoms with van der Waals surface area (Å²) in [5, 5.41) is 14.1. The van der Waals surface area contributed by atoms with Gasteiger partial charge in [-0.25, -0.2) is 0 Å². The van der Waals surface area contributed by atoms with E-state index in [4.69, 9.17) is 4.74 Å². The van der Waals surface area contributed by atoms with Crippen molar-refractivity contribution in [2.75, 3.05) is 26.8 Å². The fourth-order valence-electron chi connectivity index (χ4n) is 2.83. The van der Waals surface area contributed by atoms with Crippen molar-refractivity contribution in [3.05, 3.63) is 35.4 Å². The van der Waals surface area contributed by atoms with Crippen LogP contribution in [0.4, 0.5) is 0 Å². The quantitative estimate of drug-likeness (QED) is 0.718. The molecule has 0 spiro atoms. The van der Waals surface area contributed by atoms with Crippen molar-refractivity contribution in [1.82, 2.24) is 5.32 Å². The van der Waals surface area contributed by atoms with Crippen LogP contribution in [0.25, 0.3) is 0 Å². The number of benzene rings is 1. The van der Waals surface area contributed by atoms with Crippen molar-refractivity contribution >= 4 is 0 Å². The zero-order chi connectivity index (χ0) is 14.4. The van der Waals surface area contributed by atoms with Gasteiger partial charge in [0.2, 0.25) is 0 Å². The van der Waals surface area contributed by atoms with Crippen molar-refractivity contribution in [2.24, 2.45) is 0 Å². The highest BCUT2D eigenvalue weighted by molar-refractivity contribution is 5.35. The van der Waals surface area contributed by atoms with Crippen LogP contribution >= 0.6 is 0 Å². The summed E-state index contributed by atoms with van der Waals surface area (Å²) >= 11 is 0. The topological polar surface area (TPSA) is 41.5 Å². The Hall–Kier alpha value is -0.900. The largest absolute Gasteiger partial charge is 0.385 e. The third kappa shape index (κ3) is 3.81. The van der Waals surface area contributed by atoms with Gasteiger partial charge in [0.15, 0.2) is 0 Å². The summed E-state index contributed by atoms with van der Waals surface area (Å²) in [6.45, 7) is 4.27. The first-order valence-corrected chi connectivity index (χ1v) is 7.66. The highest BCUT2D eigenvalue weighted by Crippen LogP contribution is 2.41. The molecule has 1 unspecified atom stereocenters. The first-order chi connectivity index (χ1) is 9.65. The lowest BCUT2D eigenvalue weighted by atomic mass is 9.75. The molecule has 3 nitrogen and oxygen atoms in total. The molecule has 20 heavy (non-hydrogen) atoms. The zero-order valence-electron chi connectivity index (χ0n) is 12.7. The molecular formula is C17H27NO2. The number of methoxy groups -OCH3 is 1. The Morgan fingerprint density at radius 1 is 1.30 bits per heavy atom. The predicted octanol–water partition coefficient (Wildman–Crippen LogP) is 2.79. The smallest absolute Gasteiger partial charge is 0.0883 e. The van der Waals surface area contributed by atoms with E-state index in [2.05, 4.69) is 23.5 Å². The van der Waals surface area contributed by atoms with Gasteiger partial charge in [-0.1, -0.05) is 30.7 Å². The fraction of sp³-hybridized carbons (Fsp3) is 0.647. The van der Waals surface area contributed by atoms with E-state index < -0.39 is 5.60 Å². The third-order valence-electron chi connectivity index (χ3n) is 4.36. The normalized spacial score (nSPS) is 18.6. The highest BCUT2D eigenvalue weighted by atomic mass is 16.5. The number of aliphatic hydroxyl groups is 1. The van der Waals surface area contributed by atoms with Gasteiger partial charge in [-0.2, -0.15) is 0 Å². The van der Waals surface area contributed by atoms with E-state index in [1.807, 2.05) is 13.0 Å². The van der Waals surface area contributed by atoms with E-state index >= 15 is 0 Å². The summed E-state index contributed by atoms with van der Waals surface area (Å²) in [6.07, 6.45) is 4.57. The standard InChI is InChI=1S/C17H27NO2/c1-17(19,10-11-18-12-13-20-2)16-9-4-3-8-15(16)14-6-5-7-14/h3-4,8-9,14,18-19H,5-7,10-13H2,1-2H3. The summed E-state index contributed by atoms with van der Waals surface area (Å²) in [5.41, 5.74) is 1.70. The molecule has 0 saturated heterocycles. The molecule has 2 N–H and O–H groups in total. The summed E-state index contributed by atoms with van der Waals surface area (Å²) in [4.78, 5) is 0. The molecule has 0 amide bonds. The second-order valence-electron chi connectivity index (χ2n) is 5.98. The van der Waals surface area contributed by atoms with Crippen LogP contribution in [0.15, 0.2) is 24.3 Å². The molecule has 0 aliphatic heterocycles. The predicted molar refractivity (Wildman–Crippen MR) is 82.0 cm³/mol. The Morgan fingerprint density at radius 2 is 2.05 bits per heavy atom. The van der Waals surface area contributed by atoms with Gasteiger partial charge in [0.25, 0.3) is 0 Å². The van der Waals surface area contributed by atoms with Gasteiger partial charge in [-0.05, 0) is 49.8 Å². The monoisotopic (exact) mass is 277 g/mol. The SMILES string of the molecule is COCCNCCC(C)(O)c1ccccc1C1CCC1. The summed E-state index contributed by atoms with van der Waals surface area (Å²) in [7, 11) is 1.70. The van der Waals surface area contributed by atoms with Gasteiger partial charge in [-0.15, -0.1) is 0 Å². The molecule has 3 heteroatoms. The average molecular weight is 277 g/mol. The van der Waals surface area contributed by atoms with E-state index in [0.29, 0.717) is 12.5 Å². The van der Waals surface area contributed by atoms with Crippen LogP contribution in [0.3, 0.4) is 0 Å². The maximum Gasteiger partial charge on any atom is 0.0883 e. The van der Waals surface area contributed by atoms with Crippen molar-refractivity contribution in [2.45, 2.75) is 44.1 Å². The molecule has 2 rings (SSSR count). The van der Waals surface area contributed by atoms with Crippen molar-refractivity contribution in [3.8, 4) is 0 Å². The van der Waals surface area contributed by atoms with E-state index in [9.17, 15) is 5.11 Å². The van der Waals surface area contributed by atoms with Crippen LogP contribution in [-0.4, -0.2) is 31.9 Å². The Balaban J connectivity index is 1.97. The number of ether oxygens (including phenoxy) is 1. The van der Waals surface area contributed by atoms with E-state index in [0.717, 1.165) is 25.1 Å². The van der Waals surface area contributed by atoms with Crippen molar-refractivity contribution < 1.29 is 9.84 Å². The Kier molecular flexibility index (Phi) is 5.58. The first kappa shape index (κ1) is 15.5. The fourth-order valence-corrected chi connectivity index (χ4v) is 2.83. The minimum atomic E-state index is -0.758. The van der Waals surface area contributed by atoms with Gasteiger partial charge in [-0.3, -0.25) is 0 Å². The van der Waals surface area contributed by atoms with Gasteiger partial charge in [0.1, 0.15) is 0 Å². The van der Waals surface area contributed by atoms with Crippen LogP contribution < -0.4 is 5.32 Å². The average Bonchev–Trinajstić information content (AvgIpc) is 2.37. The molecule has 1 aromatic rings. The lowest BCUT2D eigenvalue weighted by molar-refractivity contribution is 0.0458. The van der Waals surface area contributed by atoms with E-state index in [1.54, 1.807) is 7.11 Å². The van der Waals surface area contributed by atoms with Crippen LogP contribution in [0.1, 0.15) is 49.7 Å². The molecular weight excluding hydrogens is 250 g/mol. The lowest BCUT2D eigenvalue weighted by Crippen LogP contribution is -2.31. The molecule has 0 radical (unpaired) electrons. The van der Waals surface area contributed by atoms with E-state index in [-0.39, 0.29) is 0 Å². The molecule has 0 aromatic heterocycles.